The molecule has 0 fully saturated rings. The van der Waals surface area contributed by atoms with Crippen LogP contribution in [0.2, 0.25) is 5.15 Å². The van der Waals surface area contributed by atoms with Gasteiger partial charge < -0.3 is 5.73 Å². The van der Waals surface area contributed by atoms with E-state index < -0.39 is 11.8 Å². The number of hydrogen-bond donors (Lipinski definition) is 2. The number of allylic oxidation sites excluding steroid dienone is 3. The Labute approximate surface area is 203 Å². The van der Waals surface area contributed by atoms with Crippen molar-refractivity contribution in [2.45, 2.75) is 46.0 Å². The maximum Gasteiger partial charge on any atom is 0.273 e. The van der Waals surface area contributed by atoms with E-state index in [9.17, 15) is 14.9 Å². The van der Waals surface area contributed by atoms with Gasteiger partial charge in [0.25, 0.3) is 5.91 Å². The lowest BCUT2D eigenvalue weighted by Crippen LogP contribution is -2.50. The van der Waals surface area contributed by atoms with E-state index in [4.69, 9.17) is 17.3 Å². The number of hydrogen-bond acceptors (Lipinski definition) is 6. The number of pyridine rings is 1. The Hall–Kier alpha value is -3.63. The third-order valence-corrected chi connectivity index (χ3v) is 6.62. The average molecular weight is 476 g/mol. The molecule has 2 aliphatic rings. The molecule has 0 radical (unpaired) electrons. The maximum atomic E-state index is 13.5. The van der Waals surface area contributed by atoms with E-state index >= 15 is 0 Å². The number of hydrazine groups is 1. The predicted octanol–water partition coefficient (Wildman–Crippen LogP) is 4.38. The molecule has 4 rings (SSSR count). The van der Waals surface area contributed by atoms with Crippen molar-refractivity contribution >= 4 is 23.3 Å². The number of nitriles is 1. The van der Waals surface area contributed by atoms with Crippen LogP contribution in [-0.4, -0.2) is 21.7 Å². The highest BCUT2D eigenvalue weighted by atomic mass is 35.5. The second-order valence-corrected chi connectivity index (χ2v) is 9.72. The fourth-order valence-corrected chi connectivity index (χ4v) is 4.84. The number of rotatable bonds is 4. The first-order valence-corrected chi connectivity index (χ1v) is 11.5. The molecule has 0 saturated heterocycles. The molecule has 0 bridgehead atoms. The molecule has 1 aromatic heterocycles. The zero-order valence-electron chi connectivity index (χ0n) is 19.4. The summed E-state index contributed by atoms with van der Waals surface area (Å²) in [5.74, 6) is -1.10. The van der Waals surface area contributed by atoms with Crippen LogP contribution in [-0.2, 0) is 11.2 Å². The molecule has 0 spiro atoms. The van der Waals surface area contributed by atoms with Crippen LogP contribution in [0.4, 0.5) is 0 Å². The van der Waals surface area contributed by atoms with Crippen molar-refractivity contribution in [2.24, 2.45) is 11.1 Å². The topological polar surface area (TPSA) is 112 Å². The predicted molar refractivity (Wildman–Crippen MR) is 129 cm³/mol. The second-order valence-electron chi connectivity index (χ2n) is 9.36. The van der Waals surface area contributed by atoms with Crippen LogP contribution in [0.25, 0.3) is 0 Å². The van der Waals surface area contributed by atoms with Crippen LogP contribution in [0.1, 0.15) is 61.0 Å². The molecule has 8 heteroatoms. The van der Waals surface area contributed by atoms with Gasteiger partial charge >= 0.3 is 0 Å². The lowest BCUT2D eigenvalue weighted by molar-refractivity contribution is -0.118. The minimum atomic E-state index is -0.593. The van der Waals surface area contributed by atoms with Crippen molar-refractivity contribution in [1.82, 2.24) is 15.4 Å². The molecule has 7 nitrogen and oxygen atoms in total. The van der Waals surface area contributed by atoms with E-state index in [1.807, 2.05) is 38.1 Å². The van der Waals surface area contributed by atoms with Crippen molar-refractivity contribution in [3.05, 3.63) is 87.1 Å². The molecule has 34 heavy (non-hydrogen) atoms. The Bertz CT molecular complexity index is 1270. The molecular weight excluding hydrogens is 450 g/mol. The molecule has 1 aliphatic heterocycles. The van der Waals surface area contributed by atoms with Gasteiger partial charge in [-0.15, -0.1) is 0 Å². The molecule has 174 valence electrons. The molecule has 1 amide bonds. The van der Waals surface area contributed by atoms with Crippen molar-refractivity contribution in [3.8, 4) is 6.07 Å². The molecule has 2 heterocycles. The standard InChI is InChI=1S/C26H26ClN5O2/c1-4-15-7-9-16(10-8-15)21-18(14-28)24(29)32(19-12-26(2,3)13-20(33)22(19)21)31-25(34)17-6-5-11-30-23(17)27/h5-11,21H,4,12-13,29H2,1-3H3,(H,31,34). The third kappa shape index (κ3) is 4.17. The Kier molecular flexibility index (Phi) is 6.20. The van der Waals surface area contributed by atoms with Gasteiger partial charge in [-0.05, 0) is 41.5 Å². The van der Waals surface area contributed by atoms with E-state index in [2.05, 4.69) is 23.4 Å². The number of Topliss-reactive ketones (excluding diaryl/α,β-unsaturated/α-hetero) is 1. The first-order chi connectivity index (χ1) is 16.2. The molecule has 1 aromatic carbocycles. The number of nitrogens with two attached hydrogens (primary N) is 1. The lowest BCUT2D eigenvalue weighted by atomic mass is 9.69. The number of aryl methyl sites for hydroxylation is 1. The van der Waals surface area contributed by atoms with Gasteiger partial charge in [-0.25, -0.2) is 9.99 Å². The molecule has 1 unspecified atom stereocenters. The van der Waals surface area contributed by atoms with E-state index in [0.717, 1.165) is 17.5 Å². The quantitative estimate of drug-likeness (QED) is 0.634. The zero-order chi connectivity index (χ0) is 24.6. The van der Waals surface area contributed by atoms with Crippen LogP contribution in [0.5, 0.6) is 0 Å². The van der Waals surface area contributed by atoms with Gasteiger partial charge in [-0.2, -0.15) is 5.26 Å². The van der Waals surface area contributed by atoms with Crippen LogP contribution < -0.4 is 11.2 Å². The van der Waals surface area contributed by atoms with Crippen molar-refractivity contribution in [2.75, 3.05) is 0 Å². The van der Waals surface area contributed by atoms with Gasteiger partial charge in [0.2, 0.25) is 0 Å². The van der Waals surface area contributed by atoms with Gasteiger partial charge in [0.1, 0.15) is 11.0 Å². The number of amides is 1. The van der Waals surface area contributed by atoms with Gasteiger partial charge in [0.05, 0.1) is 28.8 Å². The van der Waals surface area contributed by atoms with Crippen LogP contribution in [0.15, 0.2) is 65.3 Å². The number of carbonyl (C=O) groups is 2. The fraction of sp³-hybridized carbons (Fsp3) is 0.308. The summed E-state index contributed by atoms with van der Waals surface area (Å²) in [6.45, 7) is 6.06. The summed E-state index contributed by atoms with van der Waals surface area (Å²) in [6, 6.07) is 13.2. The lowest BCUT2D eigenvalue weighted by Gasteiger charge is -2.43. The highest BCUT2D eigenvalue weighted by molar-refractivity contribution is 6.32. The number of aromatic nitrogens is 1. The zero-order valence-corrected chi connectivity index (χ0v) is 20.1. The summed E-state index contributed by atoms with van der Waals surface area (Å²) in [5.41, 5.74) is 12.4. The number of nitrogens with one attached hydrogen (secondary N) is 1. The average Bonchev–Trinajstić information content (AvgIpc) is 2.80. The first kappa shape index (κ1) is 23.5. The normalized spacial score (nSPS) is 19.6. The van der Waals surface area contributed by atoms with E-state index in [1.165, 1.54) is 11.2 Å². The van der Waals surface area contributed by atoms with Crippen molar-refractivity contribution in [3.63, 3.8) is 0 Å². The van der Waals surface area contributed by atoms with E-state index in [0.29, 0.717) is 24.1 Å². The van der Waals surface area contributed by atoms with Crippen LogP contribution >= 0.6 is 11.6 Å². The number of ketones is 1. The smallest absolute Gasteiger partial charge is 0.273 e. The Balaban J connectivity index is 1.85. The molecule has 1 atom stereocenters. The van der Waals surface area contributed by atoms with Gasteiger partial charge in [0, 0.05) is 18.2 Å². The number of nitrogens with zero attached hydrogens (tertiary/aromatic N) is 3. The maximum absolute atomic E-state index is 13.5. The second kappa shape index (κ2) is 8.96. The number of carbonyl (C=O) groups excluding carboxylic acids is 2. The van der Waals surface area contributed by atoms with Crippen molar-refractivity contribution in [1.29, 1.82) is 5.26 Å². The highest BCUT2D eigenvalue weighted by Crippen LogP contribution is 2.48. The van der Waals surface area contributed by atoms with Gasteiger partial charge in [-0.3, -0.25) is 15.0 Å². The first-order valence-electron chi connectivity index (χ1n) is 11.1. The monoisotopic (exact) mass is 475 g/mol. The van der Waals surface area contributed by atoms with Crippen LogP contribution in [0.3, 0.4) is 0 Å². The minimum absolute atomic E-state index is 0.0446. The Morgan fingerprint density at radius 2 is 2.00 bits per heavy atom. The summed E-state index contributed by atoms with van der Waals surface area (Å²) < 4.78 is 0. The van der Waals surface area contributed by atoms with Gasteiger partial charge in [-0.1, -0.05) is 56.6 Å². The van der Waals surface area contributed by atoms with E-state index in [-0.39, 0.29) is 33.3 Å². The highest BCUT2D eigenvalue weighted by Gasteiger charge is 2.45. The van der Waals surface area contributed by atoms with Gasteiger partial charge in [0.15, 0.2) is 5.78 Å². The van der Waals surface area contributed by atoms with Crippen molar-refractivity contribution < 1.29 is 9.59 Å². The summed E-state index contributed by atoms with van der Waals surface area (Å²) in [6.07, 6.45) is 3.20. The summed E-state index contributed by atoms with van der Waals surface area (Å²) in [7, 11) is 0. The number of benzene rings is 1. The Morgan fingerprint density at radius 1 is 1.29 bits per heavy atom. The minimum Gasteiger partial charge on any atom is -0.383 e. The molecule has 1 aliphatic carbocycles. The SMILES string of the molecule is CCc1ccc(C2C(C#N)=C(N)N(NC(=O)c3cccnc3Cl)C3=C2C(=O)CC(C)(C)C3)cc1. The molecule has 3 N–H and O–H groups in total. The van der Waals surface area contributed by atoms with Crippen LogP contribution in [0, 0.1) is 16.7 Å². The largest absolute Gasteiger partial charge is 0.383 e. The summed E-state index contributed by atoms with van der Waals surface area (Å²) in [4.78, 5) is 30.5. The molecule has 0 saturated carbocycles. The summed E-state index contributed by atoms with van der Waals surface area (Å²) >= 11 is 6.11. The fourth-order valence-electron chi connectivity index (χ4n) is 4.63. The summed E-state index contributed by atoms with van der Waals surface area (Å²) in [5, 5.41) is 11.5. The Morgan fingerprint density at radius 3 is 2.62 bits per heavy atom. The molecule has 2 aromatic rings. The third-order valence-electron chi connectivity index (χ3n) is 6.32. The van der Waals surface area contributed by atoms with E-state index in [1.54, 1.807) is 12.1 Å². The molecular formula is C26H26ClN5O2. The number of halogens is 1.